The Hall–Kier alpha value is -3.16. The van der Waals surface area contributed by atoms with E-state index in [0.29, 0.717) is 12.4 Å². The number of hydrogen-bond donors (Lipinski definition) is 2. The number of nitrogens with zero attached hydrogens (tertiary/aromatic N) is 5. The standard InChI is InChI=1S/C19H23N7O/c1-13-21-17(24-23-13)15-9-6-10-26(12-15)19(27)22-18-16(11-20-25(18)2)14-7-4-3-5-8-14/h3-5,7-8,11,15H,6,9-10,12H2,1-2H3,(H,22,27)(H,21,23,24)/t15-/m0/s1. The summed E-state index contributed by atoms with van der Waals surface area (Å²) in [5.74, 6) is 2.45. The number of hydrogen-bond acceptors (Lipinski definition) is 4. The van der Waals surface area contributed by atoms with Crippen molar-refractivity contribution < 1.29 is 4.79 Å². The van der Waals surface area contributed by atoms with Gasteiger partial charge in [0.1, 0.15) is 11.6 Å². The fourth-order valence-electron chi connectivity index (χ4n) is 3.51. The fraction of sp³-hybridized carbons (Fsp3) is 0.368. The third-order valence-corrected chi connectivity index (χ3v) is 4.94. The van der Waals surface area contributed by atoms with E-state index in [2.05, 4.69) is 25.6 Å². The van der Waals surface area contributed by atoms with E-state index in [1.54, 1.807) is 10.9 Å². The van der Waals surface area contributed by atoms with E-state index >= 15 is 0 Å². The Kier molecular flexibility index (Phi) is 4.62. The lowest BCUT2D eigenvalue weighted by Gasteiger charge is -2.31. The van der Waals surface area contributed by atoms with Gasteiger partial charge in [0, 0.05) is 31.6 Å². The third-order valence-electron chi connectivity index (χ3n) is 4.94. The Labute approximate surface area is 157 Å². The molecule has 1 saturated heterocycles. The molecule has 2 N–H and O–H groups in total. The van der Waals surface area contributed by atoms with Crippen LogP contribution in [0.2, 0.25) is 0 Å². The van der Waals surface area contributed by atoms with E-state index in [4.69, 9.17) is 0 Å². The Balaban J connectivity index is 1.50. The van der Waals surface area contributed by atoms with Gasteiger partial charge in [-0.3, -0.25) is 15.1 Å². The molecule has 0 aliphatic carbocycles. The highest BCUT2D eigenvalue weighted by molar-refractivity contribution is 5.93. The van der Waals surface area contributed by atoms with Crippen molar-refractivity contribution in [2.24, 2.45) is 7.05 Å². The first-order chi connectivity index (χ1) is 13.1. The van der Waals surface area contributed by atoms with E-state index in [9.17, 15) is 4.79 Å². The highest BCUT2D eigenvalue weighted by Gasteiger charge is 2.28. The Bertz CT molecular complexity index is 931. The quantitative estimate of drug-likeness (QED) is 0.746. The minimum absolute atomic E-state index is 0.118. The molecule has 0 saturated carbocycles. The van der Waals surface area contributed by atoms with Crippen molar-refractivity contribution in [1.82, 2.24) is 29.9 Å². The lowest BCUT2D eigenvalue weighted by molar-refractivity contribution is 0.191. The van der Waals surface area contributed by atoms with Gasteiger partial charge < -0.3 is 4.90 Å². The molecule has 0 radical (unpaired) electrons. The average molecular weight is 365 g/mol. The molecule has 1 fully saturated rings. The minimum atomic E-state index is -0.118. The molecule has 4 rings (SSSR count). The van der Waals surface area contributed by atoms with E-state index in [-0.39, 0.29) is 11.9 Å². The molecular formula is C19H23N7O. The zero-order valence-corrected chi connectivity index (χ0v) is 15.5. The number of amides is 2. The fourth-order valence-corrected chi connectivity index (χ4v) is 3.51. The van der Waals surface area contributed by atoms with Crippen molar-refractivity contribution in [2.75, 3.05) is 18.4 Å². The second kappa shape index (κ2) is 7.22. The Morgan fingerprint density at radius 2 is 2.11 bits per heavy atom. The summed E-state index contributed by atoms with van der Waals surface area (Å²) >= 11 is 0. The molecule has 140 valence electrons. The largest absolute Gasteiger partial charge is 0.324 e. The second-order valence-corrected chi connectivity index (χ2v) is 6.89. The van der Waals surface area contributed by atoms with Crippen LogP contribution in [0.4, 0.5) is 10.6 Å². The number of carbonyl (C=O) groups is 1. The van der Waals surface area contributed by atoms with Crippen LogP contribution in [0, 0.1) is 6.92 Å². The van der Waals surface area contributed by atoms with Gasteiger partial charge in [-0.2, -0.15) is 10.2 Å². The van der Waals surface area contributed by atoms with Crippen LogP contribution in [0.25, 0.3) is 11.1 Å². The van der Waals surface area contributed by atoms with Crippen LogP contribution in [0.15, 0.2) is 36.5 Å². The molecule has 0 bridgehead atoms. The van der Waals surface area contributed by atoms with Crippen LogP contribution >= 0.6 is 0 Å². The number of urea groups is 1. The van der Waals surface area contributed by atoms with E-state index in [1.165, 1.54) is 0 Å². The predicted octanol–water partition coefficient (Wildman–Crippen LogP) is 2.93. The molecule has 3 heterocycles. The molecule has 1 atom stereocenters. The zero-order chi connectivity index (χ0) is 18.8. The van der Waals surface area contributed by atoms with Crippen molar-refractivity contribution in [1.29, 1.82) is 0 Å². The number of aromatic amines is 1. The summed E-state index contributed by atoms with van der Waals surface area (Å²) < 4.78 is 1.69. The lowest BCUT2D eigenvalue weighted by atomic mass is 9.97. The number of likely N-dealkylation sites (tertiary alicyclic amines) is 1. The number of piperidine rings is 1. The molecule has 0 spiro atoms. The predicted molar refractivity (Wildman–Crippen MR) is 102 cm³/mol. The van der Waals surface area contributed by atoms with Gasteiger partial charge in [0.2, 0.25) is 0 Å². The van der Waals surface area contributed by atoms with Crippen LogP contribution in [-0.4, -0.2) is 49.0 Å². The summed E-state index contributed by atoms with van der Waals surface area (Å²) in [7, 11) is 1.83. The molecule has 8 heteroatoms. The monoisotopic (exact) mass is 365 g/mol. The van der Waals surface area contributed by atoms with Crippen LogP contribution in [0.1, 0.15) is 30.4 Å². The van der Waals surface area contributed by atoms with Crippen LogP contribution < -0.4 is 5.32 Å². The molecule has 2 amide bonds. The summed E-state index contributed by atoms with van der Waals surface area (Å²) in [5, 5.41) is 14.5. The van der Waals surface area contributed by atoms with Crippen molar-refractivity contribution >= 4 is 11.8 Å². The van der Waals surface area contributed by atoms with Crippen molar-refractivity contribution in [3.05, 3.63) is 48.2 Å². The Morgan fingerprint density at radius 3 is 2.85 bits per heavy atom. The zero-order valence-electron chi connectivity index (χ0n) is 15.5. The lowest BCUT2D eigenvalue weighted by Crippen LogP contribution is -2.42. The maximum atomic E-state index is 12.9. The van der Waals surface area contributed by atoms with Gasteiger partial charge in [0.25, 0.3) is 0 Å². The first-order valence-corrected chi connectivity index (χ1v) is 9.14. The summed E-state index contributed by atoms with van der Waals surface area (Å²) in [6.45, 7) is 3.23. The number of H-pyrrole nitrogens is 1. The molecule has 1 aliphatic rings. The van der Waals surface area contributed by atoms with Gasteiger partial charge in [-0.05, 0) is 25.3 Å². The number of benzene rings is 1. The number of aryl methyl sites for hydroxylation is 2. The normalized spacial score (nSPS) is 17.1. The van der Waals surface area contributed by atoms with E-state index in [0.717, 1.165) is 42.2 Å². The number of anilines is 1. The van der Waals surface area contributed by atoms with Gasteiger partial charge in [0.05, 0.1) is 6.20 Å². The average Bonchev–Trinajstić information content (AvgIpc) is 3.29. The van der Waals surface area contributed by atoms with Gasteiger partial charge in [0.15, 0.2) is 5.82 Å². The number of aromatic nitrogens is 5. The first kappa shape index (κ1) is 17.3. The van der Waals surface area contributed by atoms with Crippen molar-refractivity contribution in [2.45, 2.75) is 25.7 Å². The van der Waals surface area contributed by atoms with Crippen molar-refractivity contribution in [3.63, 3.8) is 0 Å². The summed E-state index contributed by atoms with van der Waals surface area (Å²) in [6.07, 6.45) is 3.70. The van der Waals surface area contributed by atoms with Crippen molar-refractivity contribution in [3.8, 4) is 11.1 Å². The molecular weight excluding hydrogens is 342 g/mol. The molecule has 3 aromatic rings. The van der Waals surface area contributed by atoms with Gasteiger partial charge in [-0.1, -0.05) is 30.3 Å². The van der Waals surface area contributed by atoms with Crippen LogP contribution in [-0.2, 0) is 7.05 Å². The van der Waals surface area contributed by atoms with Gasteiger partial charge >= 0.3 is 6.03 Å². The van der Waals surface area contributed by atoms with Crippen LogP contribution in [0.5, 0.6) is 0 Å². The molecule has 0 unspecified atom stereocenters. The van der Waals surface area contributed by atoms with Gasteiger partial charge in [-0.15, -0.1) is 0 Å². The summed E-state index contributed by atoms with van der Waals surface area (Å²) in [4.78, 5) is 19.2. The maximum Gasteiger partial charge on any atom is 0.323 e. The summed E-state index contributed by atoms with van der Waals surface area (Å²) in [5.41, 5.74) is 1.93. The smallest absolute Gasteiger partial charge is 0.323 e. The second-order valence-electron chi connectivity index (χ2n) is 6.89. The van der Waals surface area contributed by atoms with E-state index < -0.39 is 0 Å². The highest BCUT2D eigenvalue weighted by Crippen LogP contribution is 2.29. The highest BCUT2D eigenvalue weighted by atomic mass is 16.2. The molecule has 27 heavy (non-hydrogen) atoms. The number of rotatable bonds is 3. The van der Waals surface area contributed by atoms with E-state index in [1.807, 2.05) is 49.2 Å². The number of carbonyl (C=O) groups excluding carboxylic acids is 1. The molecule has 1 aliphatic heterocycles. The molecule has 2 aromatic heterocycles. The van der Waals surface area contributed by atoms with Gasteiger partial charge in [-0.25, -0.2) is 9.78 Å². The summed E-state index contributed by atoms with van der Waals surface area (Å²) in [6, 6.07) is 9.82. The van der Waals surface area contributed by atoms with Crippen LogP contribution in [0.3, 0.4) is 0 Å². The SMILES string of the molecule is Cc1nc([C@H]2CCCN(C(=O)Nc3c(-c4ccccc4)cnn3C)C2)n[nH]1. The number of nitrogens with one attached hydrogen (secondary N) is 2. The molecule has 1 aromatic carbocycles. The topological polar surface area (TPSA) is 91.7 Å². The Morgan fingerprint density at radius 1 is 1.30 bits per heavy atom. The third kappa shape index (κ3) is 3.55. The first-order valence-electron chi connectivity index (χ1n) is 9.14. The maximum absolute atomic E-state index is 12.9. The molecule has 8 nitrogen and oxygen atoms in total. The minimum Gasteiger partial charge on any atom is -0.324 e.